The van der Waals surface area contributed by atoms with Crippen molar-refractivity contribution in [3.05, 3.63) is 12.2 Å². The zero-order chi connectivity index (χ0) is 11.3. The Labute approximate surface area is 92.1 Å². The van der Waals surface area contributed by atoms with E-state index in [9.17, 15) is 4.79 Å². The number of nitrogens with zero attached hydrogens (tertiary/aromatic N) is 1. The van der Waals surface area contributed by atoms with Gasteiger partial charge in [0.05, 0.1) is 6.10 Å². The number of likely N-dealkylation sites (tertiary alicyclic amines) is 1. The van der Waals surface area contributed by atoms with Crippen LogP contribution in [-0.2, 0) is 9.53 Å². The molecule has 0 bridgehead atoms. The average molecular weight is 211 g/mol. The summed E-state index contributed by atoms with van der Waals surface area (Å²) in [6.45, 7) is 6.04. The smallest absolute Gasteiger partial charge is 0.155 e. The Balaban J connectivity index is 2.38. The molecule has 1 fully saturated rings. The van der Waals surface area contributed by atoms with E-state index < -0.39 is 0 Å². The quantitative estimate of drug-likeness (QED) is 0.647. The number of ketones is 1. The molecule has 0 spiro atoms. The van der Waals surface area contributed by atoms with Crippen LogP contribution in [0.15, 0.2) is 12.2 Å². The van der Waals surface area contributed by atoms with Crippen LogP contribution in [0, 0.1) is 0 Å². The van der Waals surface area contributed by atoms with Crippen molar-refractivity contribution in [1.82, 2.24) is 4.90 Å². The first kappa shape index (κ1) is 12.4. The molecule has 0 saturated carbocycles. The summed E-state index contributed by atoms with van der Waals surface area (Å²) in [4.78, 5) is 13.5. The van der Waals surface area contributed by atoms with Crippen molar-refractivity contribution in [3.63, 3.8) is 0 Å². The number of carbonyl (C=O) groups excluding carboxylic acids is 1. The summed E-state index contributed by atoms with van der Waals surface area (Å²) < 4.78 is 5.31. The fraction of sp³-hybridized carbons (Fsp3) is 0.750. The Hall–Kier alpha value is -0.670. The van der Waals surface area contributed by atoms with Crippen molar-refractivity contribution in [3.8, 4) is 0 Å². The van der Waals surface area contributed by atoms with Gasteiger partial charge in [-0.25, -0.2) is 0 Å². The van der Waals surface area contributed by atoms with Crippen LogP contribution in [0.1, 0.15) is 26.7 Å². The van der Waals surface area contributed by atoms with Gasteiger partial charge in [0.2, 0.25) is 0 Å². The number of allylic oxidation sites excluding steroid dienone is 1. The van der Waals surface area contributed by atoms with E-state index in [0.29, 0.717) is 18.6 Å². The number of hydrogen-bond donors (Lipinski definition) is 0. The maximum absolute atomic E-state index is 11.1. The Morgan fingerprint density at radius 3 is 2.93 bits per heavy atom. The van der Waals surface area contributed by atoms with E-state index in [1.54, 1.807) is 13.2 Å². The highest BCUT2D eigenvalue weighted by atomic mass is 16.5. The van der Waals surface area contributed by atoms with E-state index in [2.05, 4.69) is 11.8 Å². The minimum absolute atomic E-state index is 0.198. The summed E-state index contributed by atoms with van der Waals surface area (Å²) in [6, 6.07) is 0.334. The van der Waals surface area contributed by atoms with Crippen molar-refractivity contribution in [2.24, 2.45) is 0 Å². The fourth-order valence-corrected chi connectivity index (χ4v) is 1.80. The average Bonchev–Trinajstić information content (AvgIpc) is 2.73. The van der Waals surface area contributed by atoms with Crippen LogP contribution in [0.5, 0.6) is 0 Å². The zero-order valence-corrected chi connectivity index (χ0v) is 9.90. The van der Waals surface area contributed by atoms with Crippen LogP contribution in [0.2, 0.25) is 0 Å². The second-order valence-corrected chi connectivity index (χ2v) is 4.06. The molecular formula is C12H21NO2. The molecule has 1 rings (SSSR count). The van der Waals surface area contributed by atoms with Gasteiger partial charge in [-0.05, 0) is 19.4 Å². The molecule has 0 N–H and O–H groups in total. The topological polar surface area (TPSA) is 29.5 Å². The third-order valence-electron chi connectivity index (χ3n) is 2.99. The molecule has 0 radical (unpaired) electrons. The van der Waals surface area contributed by atoms with Crippen LogP contribution in [0.25, 0.3) is 0 Å². The maximum Gasteiger partial charge on any atom is 0.155 e. The Morgan fingerprint density at radius 2 is 2.40 bits per heavy atom. The fourth-order valence-electron chi connectivity index (χ4n) is 1.80. The van der Waals surface area contributed by atoms with Crippen LogP contribution in [0.4, 0.5) is 0 Å². The normalized spacial score (nSPS) is 24.9. The van der Waals surface area contributed by atoms with E-state index in [-0.39, 0.29) is 5.78 Å². The van der Waals surface area contributed by atoms with Gasteiger partial charge in [0.1, 0.15) is 0 Å². The Kier molecular flexibility index (Phi) is 4.99. The zero-order valence-electron chi connectivity index (χ0n) is 9.90. The number of carbonyl (C=O) groups is 1. The third-order valence-corrected chi connectivity index (χ3v) is 2.99. The SMILES string of the molecule is CCC(=O)/C=C/C(C)N1CCC(OC)C1. The van der Waals surface area contributed by atoms with Gasteiger partial charge in [-0.2, -0.15) is 0 Å². The highest BCUT2D eigenvalue weighted by Gasteiger charge is 2.24. The lowest BCUT2D eigenvalue weighted by atomic mass is 10.2. The molecule has 1 heterocycles. The first-order chi connectivity index (χ1) is 7.17. The van der Waals surface area contributed by atoms with Gasteiger partial charge in [-0.1, -0.05) is 13.0 Å². The molecule has 0 aromatic rings. The largest absolute Gasteiger partial charge is 0.380 e. The van der Waals surface area contributed by atoms with E-state index in [1.165, 1.54) is 0 Å². The number of ether oxygens (including phenoxy) is 1. The molecule has 2 unspecified atom stereocenters. The van der Waals surface area contributed by atoms with Gasteiger partial charge in [0, 0.05) is 32.7 Å². The molecule has 0 aliphatic carbocycles. The van der Waals surface area contributed by atoms with Crippen LogP contribution < -0.4 is 0 Å². The molecule has 1 aliphatic heterocycles. The number of rotatable bonds is 5. The van der Waals surface area contributed by atoms with Crippen molar-refractivity contribution < 1.29 is 9.53 Å². The van der Waals surface area contributed by atoms with Gasteiger partial charge in [0.25, 0.3) is 0 Å². The Morgan fingerprint density at radius 1 is 1.67 bits per heavy atom. The maximum atomic E-state index is 11.1. The van der Waals surface area contributed by atoms with Crippen molar-refractivity contribution in [1.29, 1.82) is 0 Å². The van der Waals surface area contributed by atoms with E-state index in [0.717, 1.165) is 19.5 Å². The van der Waals surface area contributed by atoms with Gasteiger partial charge in [-0.15, -0.1) is 0 Å². The van der Waals surface area contributed by atoms with Gasteiger partial charge >= 0.3 is 0 Å². The standard InChI is InChI=1S/C12H21NO2/c1-4-11(14)6-5-10(2)13-8-7-12(9-13)15-3/h5-6,10,12H,4,7-9H2,1-3H3/b6-5+. The Bertz CT molecular complexity index is 238. The lowest BCUT2D eigenvalue weighted by Gasteiger charge is -2.20. The molecule has 15 heavy (non-hydrogen) atoms. The van der Waals surface area contributed by atoms with Crippen LogP contribution >= 0.6 is 0 Å². The molecule has 0 amide bonds. The number of hydrogen-bond acceptors (Lipinski definition) is 3. The monoisotopic (exact) mass is 211 g/mol. The van der Waals surface area contributed by atoms with Gasteiger partial charge < -0.3 is 4.74 Å². The molecule has 3 heteroatoms. The predicted octanol–water partition coefficient (Wildman–Crippen LogP) is 1.63. The molecule has 1 aliphatic rings. The van der Waals surface area contributed by atoms with E-state index in [4.69, 9.17) is 4.74 Å². The van der Waals surface area contributed by atoms with Gasteiger partial charge in [0.15, 0.2) is 5.78 Å². The van der Waals surface area contributed by atoms with Crippen LogP contribution in [-0.4, -0.2) is 43.0 Å². The third kappa shape index (κ3) is 3.76. The molecule has 0 aromatic carbocycles. The molecular weight excluding hydrogens is 190 g/mol. The number of methoxy groups -OCH3 is 1. The predicted molar refractivity (Wildman–Crippen MR) is 60.9 cm³/mol. The van der Waals surface area contributed by atoms with E-state index in [1.807, 2.05) is 13.0 Å². The first-order valence-corrected chi connectivity index (χ1v) is 5.65. The van der Waals surface area contributed by atoms with Crippen molar-refractivity contribution in [2.75, 3.05) is 20.2 Å². The molecule has 0 aromatic heterocycles. The van der Waals surface area contributed by atoms with E-state index >= 15 is 0 Å². The lowest BCUT2D eigenvalue weighted by Crippen LogP contribution is -2.30. The lowest BCUT2D eigenvalue weighted by molar-refractivity contribution is -0.114. The minimum Gasteiger partial charge on any atom is -0.380 e. The summed E-state index contributed by atoms with van der Waals surface area (Å²) in [7, 11) is 1.76. The second-order valence-electron chi connectivity index (χ2n) is 4.06. The summed E-state index contributed by atoms with van der Waals surface area (Å²) in [5, 5.41) is 0. The summed E-state index contributed by atoms with van der Waals surface area (Å²) in [5.41, 5.74) is 0. The molecule has 1 saturated heterocycles. The summed E-state index contributed by atoms with van der Waals surface area (Å²) >= 11 is 0. The highest BCUT2D eigenvalue weighted by molar-refractivity contribution is 5.89. The molecule has 3 nitrogen and oxygen atoms in total. The van der Waals surface area contributed by atoms with Crippen LogP contribution in [0.3, 0.4) is 0 Å². The minimum atomic E-state index is 0.198. The second kappa shape index (κ2) is 6.03. The first-order valence-electron chi connectivity index (χ1n) is 5.65. The van der Waals surface area contributed by atoms with Gasteiger partial charge in [-0.3, -0.25) is 9.69 Å². The molecule has 2 atom stereocenters. The highest BCUT2D eigenvalue weighted by Crippen LogP contribution is 2.15. The molecule has 86 valence electrons. The van der Waals surface area contributed by atoms with Crippen molar-refractivity contribution in [2.45, 2.75) is 38.8 Å². The summed E-state index contributed by atoms with van der Waals surface area (Å²) in [5.74, 6) is 0.198. The van der Waals surface area contributed by atoms with Crippen molar-refractivity contribution >= 4 is 5.78 Å². The summed E-state index contributed by atoms with van der Waals surface area (Å²) in [6.07, 6.45) is 5.73.